The predicted octanol–water partition coefficient (Wildman–Crippen LogP) is 4.30. The van der Waals surface area contributed by atoms with Crippen molar-refractivity contribution in [3.8, 4) is 11.5 Å². The number of Topliss-reactive ketones (excluding diaryl/α,β-unsaturated/α-hetero) is 1. The van der Waals surface area contributed by atoms with Gasteiger partial charge in [0.1, 0.15) is 11.5 Å². The Bertz CT molecular complexity index is 1420. The average Bonchev–Trinajstić information content (AvgIpc) is 3.57. The number of ketones is 1. The van der Waals surface area contributed by atoms with E-state index in [1.54, 1.807) is 25.3 Å². The second-order valence-electron chi connectivity index (χ2n) is 8.04. The topological polar surface area (TPSA) is 116 Å². The Kier molecular flexibility index (Phi) is 5.33. The normalized spacial score (nSPS) is 16.0. The number of hydrogen-bond donors (Lipinski definition) is 3. The molecule has 8 nitrogen and oxygen atoms in total. The maximum absolute atomic E-state index is 13.2. The molecular weight excluding hydrogens is 436 g/mol. The molecule has 4 aromatic rings. The van der Waals surface area contributed by atoms with Crippen molar-refractivity contribution in [2.45, 2.75) is 12.5 Å². The third-order valence-corrected chi connectivity index (χ3v) is 6.08. The average molecular weight is 458 g/mol. The minimum atomic E-state index is -0.878. The van der Waals surface area contributed by atoms with Crippen molar-refractivity contribution in [2.75, 3.05) is 13.7 Å². The number of hydrogen-bond acceptors (Lipinski definition) is 6. The maximum Gasteiger partial charge on any atom is 0.290 e. The minimum Gasteiger partial charge on any atom is -0.508 e. The first-order valence-electron chi connectivity index (χ1n) is 10.7. The van der Waals surface area contributed by atoms with Crippen molar-refractivity contribution in [1.29, 1.82) is 0 Å². The van der Waals surface area contributed by atoms with Gasteiger partial charge in [-0.3, -0.25) is 9.59 Å². The zero-order chi connectivity index (χ0) is 23.8. The van der Waals surface area contributed by atoms with Crippen LogP contribution in [0, 0.1) is 0 Å². The molecule has 172 valence electrons. The number of phenols is 1. The number of carbonyl (C=O) groups excluding carboxylic acids is 2. The maximum atomic E-state index is 13.2. The first-order chi connectivity index (χ1) is 16.5. The molecule has 0 bridgehead atoms. The molecule has 0 unspecified atom stereocenters. The third-order valence-electron chi connectivity index (χ3n) is 6.08. The highest BCUT2D eigenvalue weighted by Crippen LogP contribution is 2.40. The Morgan fingerprint density at radius 3 is 2.74 bits per heavy atom. The van der Waals surface area contributed by atoms with Crippen LogP contribution in [0.15, 0.2) is 82.8 Å². The third kappa shape index (κ3) is 3.59. The zero-order valence-corrected chi connectivity index (χ0v) is 18.3. The lowest BCUT2D eigenvalue weighted by atomic mass is 9.94. The molecule has 1 aliphatic heterocycles. The van der Waals surface area contributed by atoms with Gasteiger partial charge in [0.2, 0.25) is 5.78 Å². The summed E-state index contributed by atoms with van der Waals surface area (Å²) in [6, 6.07) is 14.2. The van der Waals surface area contributed by atoms with Crippen molar-refractivity contribution in [3.05, 3.63) is 95.3 Å². The van der Waals surface area contributed by atoms with Crippen molar-refractivity contribution >= 4 is 22.6 Å². The van der Waals surface area contributed by atoms with E-state index in [0.29, 0.717) is 17.7 Å². The number of carbonyl (C=O) groups is 2. The Labute approximate surface area is 194 Å². The summed E-state index contributed by atoms with van der Waals surface area (Å²) in [5, 5.41) is 21.7. The lowest BCUT2D eigenvalue weighted by Crippen LogP contribution is -2.33. The number of fused-ring (bicyclic) bond motifs is 1. The number of methoxy groups -OCH3 is 1. The van der Waals surface area contributed by atoms with E-state index in [1.165, 1.54) is 29.4 Å². The van der Waals surface area contributed by atoms with Crippen LogP contribution < -0.4 is 4.74 Å². The van der Waals surface area contributed by atoms with Crippen LogP contribution in [0.1, 0.15) is 27.7 Å². The Balaban J connectivity index is 1.51. The standard InChI is InChI=1S/C26H22N2O6/c1-33-18-7-8-20-19(13-18)16(14-27-20)9-10-28-23(15-4-2-5-17(29)12-15)22(25(31)26(28)32)24(30)21-6-3-11-34-21/h2-8,11-14,23,27,29,31H,9-10H2,1H3/t23-/m0/s1. The fraction of sp³-hybridized carbons (Fsp3) is 0.154. The van der Waals surface area contributed by atoms with Crippen LogP contribution in [0.2, 0.25) is 0 Å². The fourth-order valence-electron chi connectivity index (χ4n) is 4.43. The van der Waals surface area contributed by atoms with Gasteiger partial charge >= 0.3 is 0 Å². The zero-order valence-electron chi connectivity index (χ0n) is 18.3. The number of furan rings is 1. The number of nitrogens with one attached hydrogen (secondary N) is 1. The lowest BCUT2D eigenvalue weighted by Gasteiger charge is -2.26. The second-order valence-corrected chi connectivity index (χ2v) is 8.04. The van der Waals surface area contributed by atoms with Crippen LogP contribution in [0.25, 0.3) is 10.9 Å². The summed E-state index contributed by atoms with van der Waals surface area (Å²) in [5.41, 5.74) is 2.32. The van der Waals surface area contributed by atoms with Gasteiger partial charge in [0.15, 0.2) is 11.5 Å². The fourth-order valence-corrected chi connectivity index (χ4v) is 4.43. The predicted molar refractivity (Wildman–Crippen MR) is 124 cm³/mol. The summed E-state index contributed by atoms with van der Waals surface area (Å²) >= 11 is 0. The molecule has 0 spiro atoms. The second kappa shape index (κ2) is 8.47. The number of H-pyrrole nitrogens is 1. The largest absolute Gasteiger partial charge is 0.508 e. The molecule has 5 rings (SSSR count). The first-order valence-corrected chi connectivity index (χ1v) is 10.7. The number of aromatic nitrogens is 1. The Hall–Kier alpha value is -4.46. The van der Waals surface area contributed by atoms with Crippen molar-refractivity contribution in [1.82, 2.24) is 9.88 Å². The number of benzene rings is 2. The van der Waals surface area contributed by atoms with Gasteiger partial charge in [-0.15, -0.1) is 0 Å². The number of phenolic OH excluding ortho intramolecular Hbond substituents is 1. The van der Waals surface area contributed by atoms with Crippen molar-refractivity contribution < 1.29 is 29.0 Å². The van der Waals surface area contributed by atoms with Gasteiger partial charge in [-0.1, -0.05) is 12.1 Å². The van der Waals surface area contributed by atoms with Crippen LogP contribution in [0.3, 0.4) is 0 Å². The molecule has 1 aliphatic rings. The molecule has 2 aromatic carbocycles. The van der Waals surface area contributed by atoms with Crippen LogP contribution in [-0.4, -0.2) is 45.4 Å². The van der Waals surface area contributed by atoms with Crippen LogP contribution in [0.5, 0.6) is 11.5 Å². The lowest BCUT2D eigenvalue weighted by molar-refractivity contribution is -0.129. The van der Waals surface area contributed by atoms with E-state index in [0.717, 1.165) is 16.5 Å². The Morgan fingerprint density at radius 2 is 2.00 bits per heavy atom. The highest BCUT2D eigenvalue weighted by atomic mass is 16.5. The number of rotatable bonds is 7. The summed E-state index contributed by atoms with van der Waals surface area (Å²) in [6.07, 6.45) is 3.69. The van der Waals surface area contributed by atoms with Crippen LogP contribution in [-0.2, 0) is 11.2 Å². The molecule has 1 amide bonds. The van der Waals surface area contributed by atoms with Crippen molar-refractivity contribution in [2.24, 2.45) is 0 Å². The number of aliphatic hydroxyl groups excluding tert-OH is 1. The summed E-state index contributed by atoms with van der Waals surface area (Å²) in [5.74, 6) is -1.12. The van der Waals surface area contributed by atoms with E-state index >= 15 is 0 Å². The molecule has 0 aliphatic carbocycles. The molecule has 3 heterocycles. The van der Waals surface area contributed by atoms with Gasteiger partial charge in [-0.05, 0) is 60.0 Å². The van der Waals surface area contributed by atoms with E-state index in [2.05, 4.69) is 4.98 Å². The molecule has 2 aromatic heterocycles. The van der Waals surface area contributed by atoms with Gasteiger partial charge in [-0.2, -0.15) is 0 Å². The summed E-state index contributed by atoms with van der Waals surface area (Å²) in [7, 11) is 1.60. The van der Waals surface area contributed by atoms with Crippen molar-refractivity contribution in [3.63, 3.8) is 0 Å². The molecule has 0 radical (unpaired) electrons. The molecule has 0 saturated heterocycles. The minimum absolute atomic E-state index is 0.00944. The number of ether oxygens (including phenoxy) is 1. The number of aromatic hydroxyl groups is 1. The van der Waals surface area contributed by atoms with Gasteiger partial charge in [-0.25, -0.2) is 0 Å². The quantitative estimate of drug-likeness (QED) is 0.356. The number of aliphatic hydroxyl groups is 1. The highest BCUT2D eigenvalue weighted by molar-refractivity contribution is 6.15. The Morgan fingerprint density at radius 1 is 1.15 bits per heavy atom. The van der Waals surface area contributed by atoms with E-state index in [-0.39, 0.29) is 23.6 Å². The molecule has 1 atom stereocenters. The molecule has 3 N–H and O–H groups in total. The number of amides is 1. The monoisotopic (exact) mass is 458 g/mol. The van der Waals surface area contributed by atoms with Gasteiger partial charge < -0.3 is 29.3 Å². The van der Waals surface area contributed by atoms with E-state index in [9.17, 15) is 19.8 Å². The molecule has 8 heteroatoms. The summed E-state index contributed by atoms with van der Waals surface area (Å²) < 4.78 is 10.6. The molecule has 34 heavy (non-hydrogen) atoms. The summed E-state index contributed by atoms with van der Waals surface area (Å²) in [4.78, 5) is 31.0. The molecular formula is C26H22N2O6. The smallest absolute Gasteiger partial charge is 0.290 e. The van der Waals surface area contributed by atoms with Crippen LogP contribution >= 0.6 is 0 Å². The first kappa shape index (κ1) is 21.4. The molecule has 0 fully saturated rings. The van der Waals surface area contributed by atoms with Gasteiger partial charge in [0.25, 0.3) is 5.91 Å². The van der Waals surface area contributed by atoms with Gasteiger partial charge in [0.05, 0.1) is 25.0 Å². The SMILES string of the molecule is COc1ccc2[nH]cc(CCN3C(=O)C(O)=C(C(=O)c4ccco4)[C@@H]3c3cccc(O)c3)c2c1. The van der Waals surface area contributed by atoms with E-state index in [1.807, 2.05) is 24.4 Å². The summed E-state index contributed by atoms with van der Waals surface area (Å²) in [6.45, 7) is 0.225. The van der Waals surface area contributed by atoms with E-state index in [4.69, 9.17) is 9.15 Å². The number of aromatic amines is 1. The van der Waals surface area contributed by atoms with E-state index < -0.39 is 23.5 Å². The molecule has 0 saturated carbocycles. The highest BCUT2D eigenvalue weighted by Gasteiger charge is 2.44. The van der Waals surface area contributed by atoms with Gasteiger partial charge in [0, 0.05) is 23.6 Å². The number of nitrogens with zero attached hydrogens (tertiary/aromatic N) is 1. The van der Waals surface area contributed by atoms with Crippen LogP contribution in [0.4, 0.5) is 0 Å².